The normalized spacial score (nSPS) is 10.5. The second-order valence-electron chi connectivity index (χ2n) is 5.96. The van der Waals surface area contributed by atoms with Gasteiger partial charge in [0.15, 0.2) is 0 Å². The van der Waals surface area contributed by atoms with E-state index in [1.807, 2.05) is 30.3 Å². The van der Waals surface area contributed by atoms with Gasteiger partial charge >= 0.3 is 0 Å². The molecular formula is C20H24Cl2IN3O. The average molecular weight is 520 g/mol. The van der Waals surface area contributed by atoms with Crippen LogP contribution in [0, 0.1) is 3.57 Å². The number of nitrogens with one attached hydrogen (secondary N) is 1. The average Bonchev–Trinajstić information content (AvgIpc) is 2.63. The van der Waals surface area contributed by atoms with Gasteiger partial charge in [-0.15, -0.1) is 24.8 Å². The van der Waals surface area contributed by atoms with Gasteiger partial charge in [-0.2, -0.15) is 0 Å². The summed E-state index contributed by atoms with van der Waals surface area (Å²) in [5.41, 5.74) is 2.34. The summed E-state index contributed by atoms with van der Waals surface area (Å²) in [6.07, 6.45) is 0. The van der Waals surface area contributed by atoms with Crippen LogP contribution in [0.3, 0.4) is 0 Å². The quantitative estimate of drug-likeness (QED) is 0.372. The fraction of sp³-hybridized carbons (Fsp3) is 0.300. The molecule has 1 heterocycles. The number of benzene rings is 2. The Bertz CT molecular complexity index is 916. The zero-order valence-corrected chi connectivity index (χ0v) is 19.2. The van der Waals surface area contributed by atoms with E-state index in [-0.39, 0.29) is 30.7 Å². The molecule has 0 atom stereocenters. The van der Waals surface area contributed by atoms with Crippen LogP contribution < -0.4 is 5.32 Å². The van der Waals surface area contributed by atoms with Crippen LogP contribution in [0.5, 0.6) is 0 Å². The number of likely N-dealkylation sites (N-methyl/N-ethyl adjacent to an activating group) is 1. The van der Waals surface area contributed by atoms with Crippen LogP contribution in [0.2, 0.25) is 0 Å². The summed E-state index contributed by atoms with van der Waals surface area (Å²) in [5.74, 6) is -0.0597. The van der Waals surface area contributed by atoms with E-state index in [1.165, 1.54) is 0 Å². The standard InChI is InChI=1S/C20H22IN3O.2ClH/c1-3-24(4-2)12-11-22-20(25)16-9-5-7-14-13-15-8-6-10-17(21)19(15)23-18(14)16;;/h5-10,13H,3-4,11-12H2,1-2H3,(H,22,25);2*1H. The summed E-state index contributed by atoms with van der Waals surface area (Å²) in [6, 6.07) is 14.0. The number of para-hydroxylation sites is 2. The maximum atomic E-state index is 12.7. The molecule has 0 radical (unpaired) electrons. The van der Waals surface area contributed by atoms with Crippen LogP contribution in [0.4, 0.5) is 0 Å². The van der Waals surface area contributed by atoms with Gasteiger partial charge in [-0.3, -0.25) is 4.79 Å². The highest BCUT2D eigenvalue weighted by molar-refractivity contribution is 14.1. The monoisotopic (exact) mass is 519 g/mol. The number of pyridine rings is 1. The van der Waals surface area contributed by atoms with Gasteiger partial charge in [0.2, 0.25) is 0 Å². The van der Waals surface area contributed by atoms with E-state index >= 15 is 0 Å². The number of amides is 1. The molecule has 1 amide bonds. The summed E-state index contributed by atoms with van der Waals surface area (Å²) < 4.78 is 1.09. The second-order valence-corrected chi connectivity index (χ2v) is 7.12. The number of halogens is 3. The van der Waals surface area contributed by atoms with Gasteiger partial charge in [0.1, 0.15) is 0 Å². The number of hydrogen-bond acceptors (Lipinski definition) is 3. The Balaban J connectivity index is 0.00000182. The lowest BCUT2D eigenvalue weighted by Crippen LogP contribution is -2.34. The first-order chi connectivity index (χ1) is 12.1. The Morgan fingerprint density at radius 2 is 1.67 bits per heavy atom. The minimum absolute atomic E-state index is 0. The number of fused-ring (bicyclic) bond motifs is 2. The summed E-state index contributed by atoms with van der Waals surface area (Å²) in [5, 5.41) is 5.12. The van der Waals surface area contributed by atoms with Gasteiger partial charge in [-0.25, -0.2) is 4.98 Å². The van der Waals surface area contributed by atoms with Crippen molar-refractivity contribution in [3.63, 3.8) is 0 Å². The molecule has 7 heteroatoms. The number of hydrogen-bond donors (Lipinski definition) is 1. The van der Waals surface area contributed by atoms with Gasteiger partial charge in [-0.1, -0.05) is 38.1 Å². The number of rotatable bonds is 6. The largest absolute Gasteiger partial charge is 0.351 e. The maximum absolute atomic E-state index is 12.7. The summed E-state index contributed by atoms with van der Waals surface area (Å²) in [4.78, 5) is 19.8. The fourth-order valence-electron chi connectivity index (χ4n) is 2.99. The van der Waals surface area contributed by atoms with Crippen LogP contribution in [0.15, 0.2) is 42.5 Å². The Labute approximate surface area is 186 Å². The molecule has 2 aromatic carbocycles. The third kappa shape index (κ3) is 5.44. The minimum atomic E-state index is -0.0597. The van der Waals surface area contributed by atoms with Crippen LogP contribution >= 0.6 is 47.4 Å². The molecule has 1 aromatic heterocycles. The molecule has 1 N–H and O–H groups in total. The van der Waals surface area contributed by atoms with Gasteiger partial charge in [0.05, 0.1) is 16.6 Å². The van der Waals surface area contributed by atoms with Crippen molar-refractivity contribution >= 4 is 75.1 Å². The van der Waals surface area contributed by atoms with Gasteiger partial charge in [-0.05, 0) is 53.9 Å². The van der Waals surface area contributed by atoms with E-state index in [9.17, 15) is 4.79 Å². The van der Waals surface area contributed by atoms with Crippen molar-refractivity contribution in [1.82, 2.24) is 15.2 Å². The first-order valence-electron chi connectivity index (χ1n) is 8.62. The summed E-state index contributed by atoms with van der Waals surface area (Å²) in [7, 11) is 0. The number of aromatic nitrogens is 1. The highest BCUT2D eigenvalue weighted by Crippen LogP contribution is 2.25. The maximum Gasteiger partial charge on any atom is 0.253 e. The van der Waals surface area contributed by atoms with Gasteiger partial charge in [0, 0.05) is 27.4 Å². The molecule has 4 nitrogen and oxygen atoms in total. The molecule has 0 aliphatic rings. The van der Waals surface area contributed by atoms with E-state index in [1.54, 1.807) is 0 Å². The smallest absolute Gasteiger partial charge is 0.253 e. The van der Waals surface area contributed by atoms with Crippen molar-refractivity contribution in [3.05, 3.63) is 51.6 Å². The van der Waals surface area contributed by atoms with Crippen molar-refractivity contribution in [3.8, 4) is 0 Å². The van der Waals surface area contributed by atoms with Gasteiger partial charge in [0.25, 0.3) is 5.91 Å². The lowest BCUT2D eigenvalue weighted by molar-refractivity contribution is 0.0950. The molecule has 3 rings (SSSR count). The number of carbonyl (C=O) groups is 1. The molecule has 0 unspecified atom stereocenters. The summed E-state index contributed by atoms with van der Waals surface area (Å²) in [6.45, 7) is 7.75. The Kier molecular flexibility index (Phi) is 9.73. The minimum Gasteiger partial charge on any atom is -0.351 e. The van der Waals surface area contributed by atoms with Crippen molar-refractivity contribution in [2.75, 3.05) is 26.2 Å². The van der Waals surface area contributed by atoms with Crippen LogP contribution in [-0.4, -0.2) is 42.0 Å². The Hall–Kier alpha value is -1.15. The topological polar surface area (TPSA) is 45.2 Å². The molecule has 0 bridgehead atoms. The Morgan fingerprint density at radius 3 is 2.33 bits per heavy atom. The van der Waals surface area contributed by atoms with Crippen molar-refractivity contribution in [2.24, 2.45) is 0 Å². The molecule has 0 saturated heterocycles. The van der Waals surface area contributed by atoms with E-state index < -0.39 is 0 Å². The van der Waals surface area contributed by atoms with Crippen LogP contribution in [-0.2, 0) is 0 Å². The van der Waals surface area contributed by atoms with Crippen molar-refractivity contribution in [1.29, 1.82) is 0 Å². The third-order valence-electron chi connectivity index (χ3n) is 4.47. The Morgan fingerprint density at radius 1 is 1.04 bits per heavy atom. The first-order valence-corrected chi connectivity index (χ1v) is 9.70. The molecule has 3 aromatic rings. The molecule has 27 heavy (non-hydrogen) atoms. The summed E-state index contributed by atoms with van der Waals surface area (Å²) >= 11 is 2.29. The lowest BCUT2D eigenvalue weighted by Gasteiger charge is -2.18. The zero-order valence-electron chi connectivity index (χ0n) is 15.4. The molecule has 0 spiro atoms. The van der Waals surface area contributed by atoms with Crippen LogP contribution in [0.25, 0.3) is 21.8 Å². The molecular weight excluding hydrogens is 496 g/mol. The van der Waals surface area contributed by atoms with E-state index in [0.29, 0.717) is 12.1 Å². The number of nitrogens with zero attached hydrogens (tertiary/aromatic N) is 2. The lowest BCUT2D eigenvalue weighted by atomic mass is 10.1. The van der Waals surface area contributed by atoms with Crippen LogP contribution in [0.1, 0.15) is 24.2 Å². The predicted octanol–water partition coefficient (Wildman–Crippen LogP) is 4.91. The molecule has 0 fully saturated rings. The number of carbonyl (C=O) groups excluding carboxylic acids is 1. The predicted molar refractivity (Wildman–Crippen MR) is 127 cm³/mol. The van der Waals surface area contributed by atoms with Crippen molar-refractivity contribution < 1.29 is 4.79 Å². The van der Waals surface area contributed by atoms with E-state index in [2.05, 4.69) is 58.8 Å². The van der Waals surface area contributed by atoms with Crippen molar-refractivity contribution in [2.45, 2.75) is 13.8 Å². The molecule has 0 saturated carbocycles. The van der Waals surface area contributed by atoms with E-state index in [4.69, 9.17) is 4.98 Å². The van der Waals surface area contributed by atoms with Gasteiger partial charge < -0.3 is 10.2 Å². The molecule has 0 aliphatic heterocycles. The van der Waals surface area contributed by atoms with E-state index in [0.717, 1.165) is 45.0 Å². The SMILES string of the molecule is CCN(CC)CCNC(=O)c1cccc2cc3cccc(I)c3nc12.Cl.Cl. The fourth-order valence-corrected chi connectivity index (χ4v) is 3.63. The highest BCUT2D eigenvalue weighted by Gasteiger charge is 2.13. The highest BCUT2D eigenvalue weighted by atomic mass is 127. The zero-order chi connectivity index (χ0) is 17.8. The second kappa shape index (κ2) is 11.0. The molecule has 0 aliphatic carbocycles. The molecule has 146 valence electrons. The third-order valence-corrected chi connectivity index (χ3v) is 5.34. The first kappa shape index (κ1) is 23.9.